The summed E-state index contributed by atoms with van der Waals surface area (Å²) in [6.07, 6.45) is 3.61. The predicted molar refractivity (Wildman–Crippen MR) is 51.8 cm³/mol. The van der Waals surface area contributed by atoms with E-state index in [9.17, 15) is 4.79 Å². The van der Waals surface area contributed by atoms with E-state index in [4.69, 9.17) is 5.26 Å². The normalized spacial score (nSPS) is 26.3. The molecule has 1 aliphatic carbocycles. The van der Waals surface area contributed by atoms with Crippen LogP contribution in [0.5, 0.6) is 0 Å². The van der Waals surface area contributed by atoms with E-state index in [1.165, 1.54) is 0 Å². The van der Waals surface area contributed by atoms with Gasteiger partial charge in [-0.3, -0.25) is 4.79 Å². The molecule has 5 heteroatoms. The topological polar surface area (TPSA) is 71.6 Å². The molecule has 0 spiro atoms. The van der Waals surface area contributed by atoms with Crippen molar-refractivity contribution in [3.63, 3.8) is 0 Å². The molecule has 0 bridgehead atoms. The minimum atomic E-state index is 0.0702. The fraction of sp³-hybridized carbons (Fsp3) is 0.600. The molecule has 2 rings (SSSR count). The Morgan fingerprint density at radius 2 is 2.47 bits per heavy atom. The average Bonchev–Trinajstić information content (AvgIpc) is 2.70. The van der Waals surface area contributed by atoms with Crippen molar-refractivity contribution in [3.05, 3.63) is 12.2 Å². The molecule has 1 aromatic rings. The van der Waals surface area contributed by atoms with Crippen molar-refractivity contribution in [1.29, 1.82) is 5.26 Å². The molecule has 1 saturated carbocycles. The lowest BCUT2D eigenvalue weighted by atomic mass is 9.85. The zero-order valence-corrected chi connectivity index (χ0v) is 8.55. The van der Waals surface area contributed by atoms with Crippen molar-refractivity contribution in [2.75, 3.05) is 0 Å². The third-order valence-electron chi connectivity index (χ3n) is 2.92. The van der Waals surface area contributed by atoms with Gasteiger partial charge in [0.1, 0.15) is 18.2 Å². The smallest absolute Gasteiger partial charge is 0.252 e. The van der Waals surface area contributed by atoms with Crippen molar-refractivity contribution in [1.82, 2.24) is 14.8 Å². The number of hydrogen-bond acceptors (Lipinski definition) is 4. The van der Waals surface area contributed by atoms with Gasteiger partial charge in [-0.25, -0.2) is 9.67 Å². The molecule has 1 aliphatic rings. The van der Waals surface area contributed by atoms with E-state index in [0.717, 1.165) is 6.42 Å². The summed E-state index contributed by atoms with van der Waals surface area (Å²) in [5, 5.41) is 12.6. The highest BCUT2D eigenvalue weighted by Gasteiger charge is 2.28. The fourth-order valence-corrected chi connectivity index (χ4v) is 1.96. The molecule has 1 aromatic heterocycles. The summed E-state index contributed by atoms with van der Waals surface area (Å²) in [5.41, 5.74) is 0. The second-order valence-electron chi connectivity index (χ2n) is 3.99. The summed E-state index contributed by atoms with van der Waals surface area (Å²) >= 11 is 0. The highest BCUT2D eigenvalue weighted by Crippen LogP contribution is 2.30. The summed E-state index contributed by atoms with van der Waals surface area (Å²) in [5.74, 6) is 0.850. The number of carbonyl (C=O) groups excluding carboxylic acids is 1. The molecule has 0 aromatic carbocycles. The van der Waals surface area contributed by atoms with Crippen molar-refractivity contribution in [3.8, 4) is 6.07 Å². The molecule has 5 nitrogen and oxygen atoms in total. The third-order valence-corrected chi connectivity index (χ3v) is 2.92. The first-order chi connectivity index (χ1) is 7.20. The van der Waals surface area contributed by atoms with E-state index in [1.807, 2.05) is 6.07 Å². The largest absolute Gasteiger partial charge is 0.300 e. The van der Waals surface area contributed by atoms with Crippen molar-refractivity contribution < 1.29 is 4.79 Å². The molecular weight excluding hydrogens is 192 g/mol. The summed E-state index contributed by atoms with van der Waals surface area (Å²) < 4.78 is 1.65. The second-order valence-corrected chi connectivity index (χ2v) is 3.99. The van der Waals surface area contributed by atoms with Crippen LogP contribution in [0.2, 0.25) is 0 Å². The Morgan fingerprint density at radius 1 is 1.67 bits per heavy atom. The van der Waals surface area contributed by atoms with Gasteiger partial charge >= 0.3 is 0 Å². The monoisotopic (exact) mass is 204 g/mol. The lowest BCUT2D eigenvalue weighted by Gasteiger charge is -2.27. The molecule has 1 heterocycles. The van der Waals surface area contributed by atoms with Crippen LogP contribution in [0.1, 0.15) is 38.1 Å². The molecule has 78 valence electrons. The number of aromatic nitrogens is 3. The molecular formula is C10H12N4O. The summed E-state index contributed by atoms with van der Waals surface area (Å²) in [6.45, 7) is 2.10. The molecule has 0 saturated heterocycles. The Labute approximate surface area is 87.7 Å². The third kappa shape index (κ3) is 1.89. The van der Waals surface area contributed by atoms with Crippen LogP contribution in [0, 0.1) is 17.2 Å². The van der Waals surface area contributed by atoms with Crippen LogP contribution in [-0.2, 0) is 4.79 Å². The van der Waals surface area contributed by atoms with E-state index in [0.29, 0.717) is 18.8 Å². The maximum absolute atomic E-state index is 11.3. The first kappa shape index (κ1) is 9.84. The van der Waals surface area contributed by atoms with E-state index >= 15 is 0 Å². The molecule has 0 radical (unpaired) electrons. The minimum absolute atomic E-state index is 0.0702. The Bertz CT molecular complexity index is 417. The molecule has 15 heavy (non-hydrogen) atoms. The van der Waals surface area contributed by atoms with E-state index in [-0.39, 0.29) is 17.6 Å². The van der Waals surface area contributed by atoms with Crippen molar-refractivity contribution in [2.45, 2.75) is 32.2 Å². The summed E-state index contributed by atoms with van der Waals surface area (Å²) in [6, 6.07) is 1.95. The van der Waals surface area contributed by atoms with Crippen molar-refractivity contribution in [2.24, 2.45) is 5.92 Å². The Balaban J connectivity index is 2.21. The number of nitriles is 1. The van der Waals surface area contributed by atoms with Crippen molar-refractivity contribution >= 4 is 5.78 Å². The second kappa shape index (κ2) is 3.81. The molecule has 0 aliphatic heterocycles. The van der Waals surface area contributed by atoms with Gasteiger partial charge in [0.25, 0.3) is 5.82 Å². The highest BCUT2D eigenvalue weighted by molar-refractivity contribution is 5.79. The van der Waals surface area contributed by atoms with Gasteiger partial charge < -0.3 is 0 Å². The number of carbonyl (C=O) groups is 1. The van der Waals surface area contributed by atoms with Crippen LogP contribution >= 0.6 is 0 Å². The zero-order valence-electron chi connectivity index (χ0n) is 8.55. The van der Waals surface area contributed by atoms with Gasteiger partial charge in [0.15, 0.2) is 0 Å². The quantitative estimate of drug-likeness (QED) is 0.686. The van der Waals surface area contributed by atoms with Crippen LogP contribution in [0.3, 0.4) is 0 Å². The summed E-state index contributed by atoms with van der Waals surface area (Å²) in [7, 11) is 0. The molecule has 0 N–H and O–H groups in total. The van der Waals surface area contributed by atoms with Gasteiger partial charge in [-0.15, -0.1) is 5.10 Å². The minimum Gasteiger partial charge on any atom is -0.300 e. The number of hydrogen-bond donors (Lipinski definition) is 0. The lowest BCUT2D eigenvalue weighted by molar-refractivity contribution is -0.122. The first-order valence-electron chi connectivity index (χ1n) is 5.03. The zero-order chi connectivity index (χ0) is 10.8. The van der Waals surface area contributed by atoms with Crippen LogP contribution < -0.4 is 0 Å². The first-order valence-corrected chi connectivity index (χ1v) is 5.03. The van der Waals surface area contributed by atoms with Crippen LogP contribution in [-0.4, -0.2) is 20.5 Å². The van der Waals surface area contributed by atoms with Crippen LogP contribution in [0.15, 0.2) is 6.33 Å². The Morgan fingerprint density at radius 3 is 3.13 bits per heavy atom. The highest BCUT2D eigenvalue weighted by atomic mass is 16.1. The van der Waals surface area contributed by atoms with Gasteiger partial charge in [0.05, 0.1) is 6.04 Å². The Kier molecular flexibility index (Phi) is 2.50. The average molecular weight is 204 g/mol. The molecule has 2 unspecified atom stereocenters. The van der Waals surface area contributed by atoms with E-state index in [1.54, 1.807) is 11.0 Å². The van der Waals surface area contributed by atoms with E-state index in [2.05, 4.69) is 17.0 Å². The molecule has 0 amide bonds. The van der Waals surface area contributed by atoms with Crippen LogP contribution in [0.25, 0.3) is 0 Å². The van der Waals surface area contributed by atoms with Gasteiger partial charge in [0.2, 0.25) is 0 Å². The predicted octanol–water partition coefficient (Wildman–Crippen LogP) is 1.08. The molecule has 2 atom stereocenters. The SMILES string of the molecule is CC1CCC(=O)CC1n1cnc(C#N)n1. The number of rotatable bonds is 1. The molecule has 1 fully saturated rings. The maximum atomic E-state index is 11.3. The lowest BCUT2D eigenvalue weighted by Crippen LogP contribution is -2.26. The maximum Gasteiger partial charge on any atom is 0.252 e. The van der Waals surface area contributed by atoms with Gasteiger partial charge in [-0.2, -0.15) is 5.26 Å². The van der Waals surface area contributed by atoms with Gasteiger partial charge in [0, 0.05) is 12.8 Å². The number of Topliss-reactive ketones (excluding diaryl/α,β-unsaturated/α-hetero) is 1. The van der Waals surface area contributed by atoms with Gasteiger partial charge in [-0.05, 0) is 12.3 Å². The number of nitrogens with zero attached hydrogens (tertiary/aromatic N) is 4. The number of ketones is 1. The summed E-state index contributed by atoms with van der Waals surface area (Å²) in [4.78, 5) is 15.2. The van der Waals surface area contributed by atoms with Crippen LogP contribution in [0.4, 0.5) is 0 Å². The standard InChI is InChI=1S/C10H12N4O/c1-7-2-3-8(15)4-9(7)14-6-12-10(5-11)13-14/h6-7,9H,2-4H2,1H3. The van der Waals surface area contributed by atoms with E-state index < -0.39 is 0 Å². The fourth-order valence-electron chi connectivity index (χ4n) is 1.96. The Hall–Kier alpha value is -1.70. The van der Waals surface area contributed by atoms with Gasteiger partial charge in [-0.1, -0.05) is 6.92 Å².